The minimum atomic E-state index is 0.797. The average Bonchev–Trinajstić information content (AvgIpc) is 3.15. The maximum absolute atomic E-state index is 4.68. The van der Waals surface area contributed by atoms with E-state index in [1.165, 1.54) is 22.3 Å². The number of hydrogen-bond donors (Lipinski definition) is 2. The molecule has 0 radical (unpaired) electrons. The molecule has 2 aromatic heterocycles. The molecule has 26 heavy (non-hydrogen) atoms. The Morgan fingerprint density at radius 1 is 0.654 bits per heavy atom. The Bertz CT molecular complexity index is 960. The number of aromatic amines is 2. The molecule has 4 aromatic rings. The van der Waals surface area contributed by atoms with Gasteiger partial charge >= 0.3 is 0 Å². The summed E-state index contributed by atoms with van der Waals surface area (Å²) < 4.78 is 0. The Hall–Kier alpha value is -2.88. The molecule has 0 unspecified atom stereocenters. The highest BCUT2D eigenvalue weighted by atomic mass is 14.9. The predicted molar refractivity (Wildman–Crippen MR) is 108 cm³/mol. The van der Waals surface area contributed by atoms with E-state index in [-0.39, 0.29) is 0 Å². The molecule has 0 bridgehead atoms. The number of fused-ring (bicyclic) bond motifs is 2. The standard InChI is InChI=1S/C22H24N4/c1-13-9-17-18(10-14(13)2)24-21(23-17)7-5-6-8-22-25-19-11-15(3)16(4)12-20(19)26-22/h5-6,9-12H,7-8H2,1-4H3,(H,23,24)(H,25,26). The van der Waals surface area contributed by atoms with Gasteiger partial charge in [0.25, 0.3) is 0 Å². The molecule has 132 valence electrons. The quantitative estimate of drug-likeness (QED) is 0.511. The molecule has 2 aromatic carbocycles. The maximum Gasteiger partial charge on any atom is 0.111 e. The summed E-state index contributed by atoms with van der Waals surface area (Å²) in [5, 5.41) is 0. The number of aromatic nitrogens is 4. The normalized spacial score (nSPS) is 12.0. The van der Waals surface area contributed by atoms with Crippen molar-refractivity contribution in [2.24, 2.45) is 0 Å². The first kappa shape index (κ1) is 16.6. The number of H-pyrrole nitrogens is 2. The van der Waals surface area contributed by atoms with E-state index in [0.717, 1.165) is 46.6 Å². The lowest BCUT2D eigenvalue weighted by molar-refractivity contribution is 1.04. The van der Waals surface area contributed by atoms with E-state index in [9.17, 15) is 0 Å². The first-order valence-electron chi connectivity index (χ1n) is 9.06. The van der Waals surface area contributed by atoms with E-state index in [0.29, 0.717) is 0 Å². The smallest absolute Gasteiger partial charge is 0.111 e. The number of aryl methyl sites for hydroxylation is 4. The Morgan fingerprint density at radius 3 is 1.46 bits per heavy atom. The van der Waals surface area contributed by atoms with E-state index in [2.05, 4.69) is 84.0 Å². The largest absolute Gasteiger partial charge is 0.342 e. The van der Waals surface area contributed by atoms with Crippen LogP contribution in [0.2, 0.25) is 0 Å². The number of benzene rings is 2. The predicted octanol–water partition coefficient (Wildman–Crippen LogP) is 5.01. The molecule has 0 aliphatic heterocycles. The van der Waals surface area contributed by atoms with Gasteiger partial charge in [-0.1, -0.05) is 12.2 Å². The first-order chi connectivity index (χ1) is 12.5. The van der Waals surface area contributed by atoms with Crippen molar-refractivity contribution < 1.29 is 0 Å². The zero-order chi connectivity index (χ0) is 18.3. The van der Waals surface area contributed by atoms with Crippen molar-refractivity contribution in [2.45, 2.75) is 40.5 Å². The van der Waals surface area contributed by atoms with Crippen molar-refractivity contribution in [2.75, 3.05) is 0 Å². The molecule has 0 saturated carbocycles. The summed E-state index contributed by atoms with van der Waals surface area (Å²) in [5.74, 6) is 1.99. The van der Waals surface area contributed by atoms with Crippen LogP contribution in [0, 0.1) is 27.7 Å². The van der Waals surface area contributed by atoms with Crippen LogP contribution in [-0.4, -0.2) is 19.9 Å². The SMILES string of the molecule is Cc1cc2nc(CC=CCc3nc4cc(C)c(C)cc4[nH]3)[nH]c2cc1C. The lowest BCUT2D eigenvalue weighted by Crippen LogP contribution is -1.86. The third-order valence-electron chi connectivity index (χ3n) is 5.08. The summed E-state index contributed by atoms with van der Waals surface area (Å²) in [5.41, 5.74) is 9.44. The van der Waals surface area contributed by atoms with Gasteiger partial charge in [-0.05, 0) is 74.2 Å². The van der Waals surface area contributed by atoms with Gasteiger partial charge in [0.15, 0.2) is 0 Å². The molecular weight excluding hydrogens is 320 g/mol. The van der Waals surface area contributed by atoms with Crippen LogP contribution in [-0.2, 0) is 12.8 Å². The van der Waals surface area contributed by atoms with Gasteiger partial charge < -0.3 is 9.97 Å². The van der Waals surface area contributed by atoms with Crippen molar-refractivity contribution >= 4 is 22.1 Å². The Kier molecular flexibility index (Phi) is 4.11. The number of rotatable bonds is 4. The molecule has 0 fully saturated rings. The van der Waals surface area contributed by atoms with Gasteiger partial charge in [0, 0.05) is 12.8 Å². The van der Waals surface area contributed by atoms with E-state index < -0.39 is 0 Å². The molecular formula is C22H24N4. The van der Waals surface area contributed by atoms with Crippen molar-refractivity contribution in [1.82, 2.24) is 19.9 Å². The van der Waals surface area contributed by atoms with Gasteiger partial charge in [-0.3, -0.25) is 0 Å². The van der Waals surface area contributed by atoms with Crippen LogP contribution < -0.4 is 0 Å². The van der Waals surface area contributed by atoms with Crippen LogP contribution in [0.1, 0.15) is 33.9 Å². The highest BCUT2D eigenvalue weighted by molar-refractivity contribution is 5.77. The monoisotopic (exact) mass is 344 g/mol. The van der Waals surface area contributed by atoms with Crippen molar-refractivity contribution in [1.29, 1.82) is 0 Å². The van der Waals surface area contributed by atoms with Gasteiger partial charge in [0.05, 0.1) is 22.1 Å². The highest BCUT2D eigenvalue weighted by Crippen LogP contribution is 2.19. The molecule has 0 aliphatic carbocycles. The third-order valence-corrected chi connectivity index (χ3v) is 5.08. The molecule has 0 atom stereocenters. The van der Waals surface area contributed by atoms with Crippen LogP contribution in [0.15, 0.2) is 36.4 Å². The minimum absolute atomic E-state index is 0.797. The fourth-order valence-electron chi connectivity index (χ4n) is 3.23. The van der Waals surface area contributed by atoms with Crippen molar-refractivity contribution in [3.63, 3.8) is 0 Å². The maximum atomic E-state index is 4.68. The summed E-state index contributed by atoms with van der Waals surface area (Å²) in [4.78, 5) is 16.2. The summed E-state index contributed by atoms with van der Waals surface area (Å²) in [6, 6.07) is 8.63. The second-order valence-corrected chi connectivity index (χ2v) is 7.15. The molecule has 2 heterocycles. The summed E-state index contributed by atoms with van der Waals surface area (Å²) in [6.45, 7) is 8.51. The topological polar surface area (TPSA) is 57.4 Å². The van der Waals surface area contributed by atoms with Crippen molar-refractivity contribution in [3.8, 4) is 0 Å². The van der Waals surface area contributed by atoms with Gasteiger partial charge in [-0.2, -0.15) is 0 Å². The van der Waals surface area contributed by atoms with Crippen LogP contribution in [0.25, 0.3) is 22.1 Å². The molecule has 2 N–H and O–H groups in total. The number of nitrogens with one attached hydrogen (secondary N) is 2. The van der Waals surface area contributed by atoms with Gasteiger partial charge in [0.2, 0.25) is 0 Å². The molecule has 0 saturated heterocycles. The molecule has 4 heteroatoms. The van der Waals surface area contributed by atoms with Crippen LogP contribution in [0.5, 0.6) is 0 Å². The van der Waals surface area contributed by atoms with Gasteiger partial charge in [-0.15, -0.1) is 0 Å². The number of nitrogens with zero attached hydrogens (tertiary/aromatic N) is 2. The number of hydrogen-bond acceptors (Lipinski definition) is 2. The summed E-state index contributed by atoms with van der Waals surface area (Å²) in [6.07, 6.45) is 5.90. The number of imidazole rings is 2. The van der Waals surface area contributed by atoms with E-state index >= 15 is 0 Å². The van der Waals surface area contributed by atoms with Crippen molar-refractivity contribution in [3.05, 3.63) is 70.3 Å². The highest BCUT2D eigenvalue weighted by Gasteiger charge is 2.05. The van der Waals surface area contributed by atoms with E-state index in [4.69, 9.17) is 0 Å². The van der Waals surface area contributed by atoms with Crippen LogP contribution in [0.3, 0.4) is 0 Å². The summed E-state index contributed by atoms with van der Waals surface area (Å²) in [7, 11) is 0. The zero-order valence-corrected chi connectivity index (χ0v) is 15.8. The van der Waals surface area contributed by atoms with E-state index in [1.807, 2.05) is 0 Å². The Labute approximate surface area is 153 Å². The molecule has 0 spiro atoms. The molecule has 0 aliphatic rings. The lowest BCUT2D eigenvalue weighted by Gasteiger charge is -1.97. The summed E-state index contributed by atoms with van der Waals surface area (Å²) >= 11 is 0. The first-order valence-corrected chi connectivity index (χ1v) is 9.06. The fraction of sp³-hybridized carbons (Fsp3) is 0.273. The lowest BCUT2D eigenvalue weighted by atomic mass is 10.1. The second-order valence-electron chi connectivity index (χ2n) is 7.15. The minimum Gasteiger partial charge on any atom is -0.342 e. The third kappa shape index (κ3) is 3.15. The Balaban J connectivity index is 1.46. The van der Waals surface area contributed by atoms with Crippen LogP contribution in [0.4, 0.5) is 0 Å². The molecule has 0 amide bonds. The van der Waals surface area contributed by atoms with Gasteiger partial charge in [-0.25, -0.2) is 9.97 Å². The van der Waals surface area contributed by atoms with E-state index in [1.54, 1.807) is 0 Å². The second kappa shape index (κ2) is 6.45. The fourth-order valence-corrected chi connectivity index (χ4v) is 3.23. The van der Waals surface area contributed by atoms with Gasteiger partial charge in [0.1, 0.15) is 11.6 Å². The molecule has 4 rings (SSSR count). The molecule has 4 nitrogen and oxygen atoms in total. The average molecular weight is 344 g/mol. The zero-order valence-electron chi connectivity index (χ0n) is 15.8. The van der Waals surface area contributed by atoms with Crippen LogP contribution >= 0.6 is 0 Å². The number of allylic oxidation sites excluding steroid dienone is 2. The Morgan fingerprint density at radius 2 is 1.04 bits per heavy atom.